The van der Waals surface area contributed by atoms with Crippen LogP contribution in [0.4, 0.5) is 23.2 Å². The summed E-state index contributed by atoms with van der Waals surface area (Å²) in [5.74, 6) is -0.597. The van der Waals surface area contributed by atoms with E-state index in [0.717, 1.165) is 12.1 Å². The highest BCUT2D eigenvalue weighted by molar-refractivity contribution is 6.18. The van der Waals surface area contributed by atoms with Gasteiger partial charge in [-0.15, -0.1) is 11.6 Å². The molecule has 96 valence electrons. The molecule has 6 heteroatoms. The maximum absolute atomic E-state index is 13.6. The second kappa shape index (κ2) is 5.58. The highest BCUT2D eigenvalue weighted by atomic mass is 35.5. The lowest BCUT2D eigenvalue weighted by Crippen LogP contribution is -2.26. The Morgan fingerprint density at radius 1 is 1.29 bits per heavy atom. The van der Waals surface area contributed by atoms with Gasteiger partial charge in [0.25, 0.3) is 0 Å². The molecular formula is C11H12ClF4N. The van der Waals surface area contributed by atoms with Crippen molar-refractivity contribution < 1.29 is 17.6 Å². The number of alkyl halides is 4. The molecule has 0 atom stereocenters. The lowest BCUT2D eigenvalue weighted by Gasteiger charge is -2.23. The Balaban J connectivity index is 3.04. The zero-order valence-corrected chi connectivity index (χ0v) is 9.95. The number of rotatable bonds is 4. The molecule has 0 bridgehead atoms. The van der Waals surface area contributed by atoms with Gasteiger partial charge in [-0.05, 0) is 25.1 Å². The number of hydrogen-bond donors (Lipinski definition) is 0. The van der Waals surface area contributed by atoms with Gasteiger partial charge in [-0.3, -0.25) is 0 Å². The third kappa shape index (κ3) is 3.49. The molecule has 0 aliphatic rings. The summed E-state index contributed by atoms with van der Waals surface area (Å²) in [5.41, 5.74) is -0.846. The third-order valence-corrected chi connectivity index (χ3v) is 2.52. The molecule has 0 fully saturated rings. The van der Waals surface area contributed by atoms with Gasteiger partial charge in [0.15, 0.2) is 0 Å². The maximum Gasteiger partial charge on any atom is 0.416 e. The van der Waals surface area contributed by atoms with Crippen LogP contribution in [0.3, 0.4) is 0 Å². The molecule has 0 radical (unpaired) electrons. The van der Waals surface area contributed by atoms with Crippen molar-refractivity contribution in [2.75, 3.05) is 23.9 Å². The topological polar surface area (TPSA) is 3.24 Å². The van der Waals surface area contributed by atoms with Crippen LogP contribution >= 0.6 is 11.6 Å². The predicted octanol–water partition coefficient (Wildman–Crippen LogP) is 3.91. The Morgan fingerprint density at radius 3 is 2.35 bits per heavy atom. The number of hydrogen-bond acceptors (Lipinski definition) is 1. The smallest absolute Gasteiger partial charge is 0.368 e. The summed E-state index contributed by atoms with van der Waals surface area (Å²) in [4.78, 5) is 1.59. The fraction of sp³-hybridized carbons (Fsp3) is 0.455. The molecule has 0 amide bonds. The van der Waals surface area contributed by atoms with E-state index in [0.29, 0.717) is 19.2 Å². The highest BCUT2D eigenvalue weighted by Crippen LogP contribution is 2.32. The molecule has 1 aromatic rings. The van der Waals surface area contributed by atoms with Gasteiger partial charge in [0.2, 0.25) is 0 Å². The van der Waals surface area contributed by atoms with Gasteiger partial charge in [0.05, 0.1) is 11.3 Å². The van der Waals surface area contributed by atoms with E-state index in [-0.39, 0.29) is 11.6 Å². The molecular weight excluding hydrogens is 258 g/mol. The number of benzene rings is 1. The van der Waals surface area contributed by atoms with Crippen LogP contribution in [-0.4, -0.2) is 19.0 Å². The number of halogens is 5. The van der Waals surface area contributed by atoms with E-state index in [4.69, 9.17) is 11.6 Å². The lowest BCUT2D eigenvalue weighted by atomic mass is 10.1. The molecule has 0 N–H and O–H groups in total. The van der Waals surface area contributed by atoms with Gasteiger partial charge in [-0.2, -0.15) is 13.2 Å². The summed E-state index contributed by atoms with van der Waals surface area (Å²) < 4.78 is 50.5. The Morgan fingerprint density at radius 2 is 1.94 bits per heavy atom. The van der Waals surface area contributed by atoms with Crippen molar-refractivity contribution >= 4 is 17.3 Å². The van der Waals surface area contributed by atoms with E-state index in [1.807, 2.05) is 0 Å². The first-order chi connectivity index (χ1) is 7.90. The average Bonchev–Trinajstić information content (AvgIpc) is 2.25. The molecule has 0 spiro atoms. The predicted molar refractivity (Wildman–Crippen MR) is 60.0 cm³/mol. The Hall–Kier alpha value is -0.970. The molecule has 1 nitrogen and oxygen atoms in total. The van der Waals surface area contributed by atoms with Crippen LogP contribution in [0.25, 0.3) is 0 Å². The van der Waals surface area contributed by atoms with E-state index in [1.54, 1.807) is 11.8 Å². The summed E-state index contributed by atoms with van der Waals surface area (Å²) in [6.45, 7) is 2.65. The van der Waals surface area contributed by atoms with Gasteiger partial charge < -0.3 is 4.90 Å². The molecule has 1 aromatic carbocycles. The van der Waals surface area contributed by atoms with Crippen molar-refractivity contribution in [1.29, 1.82) is 0 Å². The van der Waals surface area contributed by atoms with Crippen molar-refractivity contribution in [2.45, 2.75) is 13.1 Å². The zero-order valence-electron chi connectivity index (χ0n) is 9.19. The average molecular weight is 270 g/mol. The van der Waals surface area contributed by atoms with E-state index < -0.39 is 17.6 Å². The van der Waals surface area contributed by atoms with Crippen molar-refractivity contribution in [3.8, 4) is 0 Å². The van der Waals surface area contributed by atoms with Crippen molar-refractivity contribution in [3.05, 3.63) is 29.6 Å². The number of anilines is 1. The normalized spacial score (nSPS) is 11.6. The minimum atomic E-state index is -4.52. The fourth-order valence-corrected chi connectivity index (χ4v) is 1.69. The van der Waals surface area contributed by atoms with Gasteiger partial charge >= 0.3 is 6.18 Å². The van der Waals surface area contributed by atoms with E-state index >= 15 is 0 Å². The summed E-state index contributed by atoms with van der Waals surface area (Å²) in [5, 5.41) is 0. The maximum atomic E-state index is 13.6. The fourth-order valence-electron chi connectivity index (χ4n) is 1.49. The Labute approximate surface area is 102 Å². The summed E-state index contributed by atoms with van der Waals surface area (Å²) in [6.07, 6.45) is -4.52. The first-order valence-corrected chi connectivity index (χ1v) is 5.61. The zero-order chi connectivity index (χ0) is 13.1. The minimum Gasteiger partial charge on any atom is -0.368 e. The molecule has 0 saturated carbocycles. The van der Waals surface area contributed by atoms with Crippen LogP contribution in [0, 0.1) is 5.82 Å². The standard InChI is InChI=1S/C11H12ClF4N/c1-2-17(6-5-12)10-4-3-8(7-9(10)13)11(14,15)16/h3-4,7H,2,5-6H2,1H3. The van der Waals surface area contributed by atoms with Crippen LogP contribution in [0.1, 0.15) is 12.5 Å². The van der Waals surface area contributed by atoms with Crippen molar-refractivity contribution in [2.24, 2.45) is 0 Å². The Kier molecular flexibility index (Phi) is 4.62. The SMILES string of the molecule is CCN(CCCl)c1ccc(C(F)(F)F)cc1F. The van der Waals surface area contributed by atoms with Crippen LogP contribution in [0.15, 0.2) is 18.2 Å². The van der Waals surface area contributed by atoms with Gasteiger partial charge in [-0.1, -0.05) is 0 Å². The van der Waals surface area contributed by atoms with Crippen molar-refractivity contribution in [3.63, 3.8) is 0 Å². The molecule has 0 unspecified atom stereocenters. The Bertz CT molecular complexity index is 378. The third-order valence-electron chi connectivity index (χ3n) is 2.35. The molecule has 17 heavy (non-hydrogen) atoms. The van der Waals surface area contributed by atoms with Crippen LogP contribution in [-0.2, 0) is 6.18 Å². The van der Waals surface area contributed by atoms with E-state index in [1.165, 1.54) is 0 Å². The minimum absolute atomic E-state index is 0.140. The van der Waals surface area contributed by atoms with E-state index in [9.17, 15) is 17.6 Å². The first kappa shape index (κ1) is 14.1. The summed E-state index contributed by atoms with van der Waals surface area (Å²) in [6, 6.07) is 2.51. The molecule has 0 saturated heterocycles. The van der Waals surface area contributed by atoms with Crippen LogP contribution < -0.4 is 4.90 Å². The lowest BCUT2D eigenvalue weighted by molar-refractivity contribution is -0.137. The van der Waals surface area contributed by atoms with Gasteiger partial charge in [0.1, 0.15) is 5.82 Å². The molecule has 0 aliphatic carbocycles. The quantitative estimate of drug-likeness (QED) is 0.592. The second-order valence-electron chi connectivity index (χ2n) is 3.43. The summed E-state index contributed by atoms with van der Waals surface area (Å²) >= 11 is 5.54. The van der Waals surface area contributed by atoms with Crippen molar-refractivity contribution in [1.82, 2.24) is 0 Å². The summed E-state index contributed by atoms with van der Waals surface area (Å²) in [7, 11) is 0. The van der Waals surface area contributed by atoms with Crippen LogP contribution in [0.5, 0.6) is 0 Å². The largest absolute Gasteiger partial charge is 0.416 e. The second-order valence-corrected chi connectivity index (χ2v) is 3.81. The van der Waals surface area contributed by atoms with Gasteiger partial charge in [-0.25, -0.2) is 4.39 Å². The molecule has 1 rings (SSSR count). The van der Waals surface area contributed by atoms with Crippen LogP contribution in [0.2, 0.25) is 0 Å². The number of nitrogens with zero attached hydrogens (tertiary/aromatic N) is 1. The first-order valence-electron chi connectivity index (χ1n) is 5.07. The van der Waals surface area contributed by atoms with Gasteiger partial charge in [0, 0.05) is 19.0 Å². The monoisotopic (exact) mass is 269 g/mol. The highest BCUT2D eigenvalue weighted by Gasteiger charge is 2.31. The molecule has 0 aromatic heterocycles. The molecule has 0 heterocycles. The molecule has 0 aliphatic heterocycles. The van der Waals surface area contributed by atoms with E-state index in [2.05, 4.69) is 0 Å².